The van der Waals surface area contributed by atoms with Crippen LogP contribution in [-0.4, -0.2) is 46.5 Å². The van der Waals surface area contributed by atoms with Crippen LogP contribution < -0.4 is 5.32 Å². The van der Waals surface area contributed by atoms with Crippen LogP contribution in [0.3, 0.4) is 0 Å². The Morgan fingerprint density at radius 1 is 1.53 bits per heavy atom. The summed E-state index contributed by atoms with van der Waals surface area (Å²) in [7, 11) is 0. The van der Waals surface area contributed by atoms with Gasteiger partial charge in [-0.2, -0.15) is 0 Å². The number of rotatable bonds is 2. The van der Waals surface area contributed by atoms with Crippen LogP contribution in [-0.2, 0) is 11.2 Å². The molecule has 100 valence electrons. The molecule has 1 amide bonds. The van der Waals surface area contributed by atoms with Crippen LogP contribution in [0, 0.1) is 0 Å². The molecule has 3 rings (SSSR count). The van der Waals surface area contributed by atoms with E-state index in [1.165, 1.54) is 0 Å². The molecule has 0 spiro atoms. The summed E-state index contributed by atoms with van der Waals surface area (Å²) in [5.74, 6) is 0.201. The second-order valence-electron chi connectivity index (χ2n) is 5.13. The molecular weight excluding hydrogens is 240 g/mol. The molecule has 1 saturated heterocycles. The van der Waals surface area contributed by atoms with E-state index < -0.39 is 0 Å². The van der Waals surface area contributed by atoms with E-state index in [2.05, 4.69) is 22.2 Å². The highest BCUT2D eigenvalue weighted by atomic mass is 16.2. The number of aromatic amines is 1. The molecule has 5 heteroatoms. The first-order chi connectivity index (χ1) is 9.22. The van der Waals surface area contributed by atoms with Crippen molar-refractivity contribution in [2.45, 2.75) is 19.4 Å². The van der Waals surface area contributed by atoms with Gasteiger partial charge in [-0.05, 0) is 24.6 Å². The second-order valence-corrected chi connectivity index (χ2v) is 5.13. The minimum Gasteiger partial charge on any atom is -0.345 e. The number of nitrogens with one attached hydrogen (secondary N) is 2. The molecule has 2 heterocycles. The molecule has 0 saturated carbocycles. The Balaban J connectivity index is 1.71. The Morgan fingerprint density at radius 3 is 3.26 bits per heavy atom. The van der Waals surface area contributed by atoms with Crippen LogP contribution in [0.2, 0.25) is 0 Å². The first-order valence-electron chi connectivity index (χ1n) is 6.65. The van der Waals surface area contributed by atoms with E-state index in [1.807, 2.05) is 23.1 Å². The summed E-state index contributed by atoms with van der Waals surface area (Å²) in [6, 6.07) is 6.32. The van der Waals surface area contributed by atoms with Gasteiger partial charge in [0.05, 0.1) is 23.8 Å². The quantitative estimate of drug-likeness (QED) is 0.842. The Hall–Kier alpha value is -1.88. The van der Waals surface area contributed by atoms with Gasteiger partial charge < -0.3 is 15.2 Å². The highest BCUT2D eigenvalue weighted by molar-refractivity contribution is 5.81. The lowest BCUT2D eigenvalue weighted by molar-refractivity contribution is -0.131. The number of piperazine rings is 1. The maximum atomic E-state index is 12.3. The minimum absolute atomic E-state index is 0.201. The summed E-state index contributed by atoms with van der Waals surface area (Å²) >= 11 is 0. The molecule has 2 aromatic rings. The number of benzene rings is 1. The number of carbonyl (C=O) groups excluding carboxylic acids is 1. The van der Waals surface area contributed by atoms with E-state index in [4.69, 9.17) is 0 Å². The number of H-pyrrole nitrogens is 1. The van der Waals surface area contributed by atoms with Gasteiger partial charge in [0.25, 0.3) is 0 Å². The normalized spacial score (nSPS) is 19.8. The SMILES string of the molecule is CC1CN(C(=O)Cc2ccc3nc[nH]c3c2)CCN1. The van der Waals surface area contributed by atoms with Crippen LogP contribution in [0.1, 0.15) is 12.5 Å². The molecule has 5 nitrogen and oxygen atoms in total. The van der Waals surface area contributed by atoms with Gasteiger partial charge >= 0.3 is 0 Å². The fourth-order valence-electron chi connectivity index (χ4n) is 2.54. The van der Waals surface area contributed by atoms with Crippen LogP contribution in [0.4, 0.5) is 0 Å². The topological polar surface area (TPSA) is 61.0 Å². The van der Waals surface area contributed by atoms with E-state index in [-0.39, 0.29) is 5.91 Å². The van der Waals surface area contributed by atoms with Crippen LogP contribution in [0.25, 0.3) is 11.0 Å². The van der Waals surface area contributed by atoms with Crippen molar-refractivity contribution in [1.82, 2.24) is 20.2 Å². The molecule has 0 aliphatic carbocycles. The zero-order valence-electron chi connectivity index (χ0n) is 11.0. The summed E-state index contributed by atoms with van der Waals surface area (Å²) in [5.41, 5.74) is 2.96. The second kappa shape index (κ2) is 5.01. The summed E-state index contributed by atoms with van der Waals surface area (Å²) in [4.78, 5) is 21.5. The molecule has 1 fully saturated rings. The lowest BCUT2D eigenvalue weighted by Crippen LogP contribution is -2.51. The Morgan fingerprint density at radius 2 is 2.42 bits per heavy atom. The van der Waals surface area contributed by atoms with E-state index in [1.54, 1.807) is 6.33 Å². The van der Waals surface area contributed by atoms with Gasteiger partial charge in [0, 0.05) is 25.7 Å². The maximum absolute atomic E-state index is 12.3. The van der Waals surface area contributed by atoms with Crippen molar-refractivity contribution in [1.29, 1.82) is 0 Å². The van der Waals surface area contributed by atoms with Crippen molar-refractivity contribution in [3.05, 3.63) is 30.1 Å². The predicted molar refractivity (Wildman–Crippen MR) is 73.8 cm³/mol. The third-order valence-corrected chi connectivity index (χ3v) is 3.56. The van der Waals surface area contributed by atoms with Crippen LogP contribution in [0.15, 0.2) is 24.5 Å². The van der Waals surface area contributed by atoms with Gasteiger partial charge in [0.2, 0.25) is 5.91 Å². The minimum atomic E-state index is 0.201. The van der Waals surface area contributed by atoms with Crippen LogP contribution in [0.5, 0.6) is 0 Å². The van der Waals surface area contributed by atoms with E-state index >= 15 is 0 Å². The maximum Gasteiger partial charge on any atom is 0.227 e. The van der Waals surface area contributed by atoms with Gasteiger partial charge in [-0.3, -0.25) is 4.79 Å². The number of hydrogen-bond donors (Lipinski definition) is 2. The molecule has 1 atom stereocenters. The smallest absolute Gasteiger partial charge is 0.227 e. The lowest BCUT2D eigenvalue weighted by atomic mass is 10.1. The molecule has 0 radical (unpaired) electrons. The van der Waals surface area contributed by atoms with Crippen molar-refractivity contribution in [2.75, 3.05) is 19.6 Å². The van der Waals surface area contributed by atoms with Gasteiger partial charge in [0.15, 0.2) is 0 Å². The van der Waals surface area contributed by atoms with E-state index in [0.29, 0.717) is 12.5 Å². The number of imidazole rings is 1. The highest BCUT2D eigenvalue weighted by Gasteiger charge is 2.20. The highest BCUT2D eigenvalue weighted by Crippen LogP contribution is 2.13. The van der Waals surface area contributed by atoms with E-state index in [9.17, 15) is 4.79 Å². The average Bonchev–Trinajstić information content (AvgIpc) is 2.86. The van der Waals surface area contributed by atoms with Crippen molar-refractivity contribution in [3.8, 4) is 0 Å². The first kappa shape index (κ1) is 12.2. The summed E-state index contributed by atoms with van der Waals surface area (Å²) in [6.45, 7) is 4.59. The van der Waals surface area contributed by atoms with Gasteiger partial charge in [-0.1, -0.05) is 6.07 Å². The van der Waals surface area contributed by atoms with Crippen LogP contribution >= 0.6 is 0 Å². The zero-order chi connectivity index (χ0) is 13.2. The van der Waals surface area contributed by atoms with E-state index in [0.717, 1.165) is 36.2 Å². The first-order valence-corrected chi connectivity index (χ1v) is 6.65. The average molecular weight is 258 g/mol. The molecule has 1 aromatic heterocycles. The van der Waals surface area contributed by atoms with Crippen molar-refractivity contribution < 1.29 is 4.79 Å². The Kier molecular flexibility index (Phi) is 3.21. The van der Waals surface area contributed by atoms with Gasteiger partial charge in [-0.25, -0.2) is 4.98 Å². The number of amides is 1. The fourth-order valence-corrected chi connectivity index (χ4v) is 2.54. The molecule has 1 aliphatic heterocycles. The number of fused-ring (bicyclic) bond motifs is 1. The van der Waals surface area contributed by atoms with Crippen molar-refractivity contribution >= 4 is 16.9 Å². The third kappa shape index (κ3) is 2.61. The predicted octanol–water partition coefficient (Wildman–Crippen LogP) is 0.926. The van der Waals surface area contributed by atoms with Gasteiger partial charge in [-0.15, -0.1) is 0 Å². The third-order valence-electron chi connectivity index (χ3n) is 3.56. The summed E-state index contributed by atoms with van der Waals surface area (Å²) in [5, 5.41) is 3.34. The number of hydrogen-bond acceptors (Lipinski definition) is 3. The monoisotopic (exact) mass is 258 g/mol. The molecule has 19 heavy (non-hydrogen) atoms. The largest absolute Gasteiger partial charge is 0.345 e. The number of aromatic nitrogens is 2. The molecule has 1 aromatic carbocycles. The van der Waals surface area contributed by atoms with Crippen molar-refractivity contribution in [3.63, 3.8) is 0 Å². The van der Waals surface area contributed by atoms with Gasteiger partial charge in [0.1, 0.15) is 0 Å². The Bertz CT molecular complexity index is 592. The molecule has 2 N–H and O–H groups in total. The summed E-state index contributed by atoms with van der Waals surface area (Å²) in [6.07, 6.45) is 2.13. The lowest BCUT2D eigenvalue weighted by Gasteiger charge is -2.32. The number of nitrogens with zero attached hydrogens (tertiary/aromatic N) is 2. The van der Waals surface area contributed by atoms with Crippen molar-refractivity contribution in [2.24, 2.45) is 0 Å². The zero-order valence-corrected chi connectivity index (χ0v) is 11.0. The number of carbonyl (C=O) groups is 1. The Labute approximate surface area is 112 Å². The molecule has 1 unspecified atom stereocenters. The standard InChI is InChI=1S/C14H18N4O/c1-10-8-18(5-4-15-10)14(19)7-11-2-3-12-13(6-11)17-9-16-12/h2-3,6,9-10,15H,4-5,7-8H2,1H3,(H,16,17). The molecule has 1 aliphatic rings. The fraction of sp³-hybridized carbons (Fsp3) is 0.429. The summed E-state index contributed by atoms with van der Waals surface area (Å²) < 4.78 is 0. The molecule has 0 bridgehead atoms. The molecular formula is C14H18N4O.